The maximum Gasteiger partial charge on any atom is 0.343 e. The lowest BCUT2D eigenvalue weighted by Gasteiger charge is -2.06. The van der Waals surface area contributed by atoms with Crippen molar-refractivity contribution in [3.8, 4) is 0 Å². The van der Waals surface area contributed by atoms with Crippen molar-refractivity contribution in [3.63, 3.8) is 0 Å². The van der Waals surface area contributed by atoms with E-state index in [0.29, 0.717) is 17.8 Å². The van der Waals surface area contributed by atoms with Gasteiger partial charge < -0.3 is 9.47 Å². The Hall–Kier alpha value is -3.12. The number of rotatable bonds is 6. The maximum atomic E-state index is 12.5. The van der Waals surface area contributed by atoms with E-state index in [9.17, 15) is 9.59 Å². The van der Waals surface area contributed by atoms with Crippen molar-refractivity contribution in [2.75, 3.05) is 7.11 Å². The first-order chi connectivity index (χ1) is 13.5. The Morgan fingerprint density at radius 2 is 1.68 bits per heavy atom. The predicted molar refractivity (Wildman–Crippen MR) is 104 cm³/mol. The monoisotopic (exact) mass is 398 g/mol. The van der Waals surface area contributed by atoms with Gasteiger partial charge in [0.25, 0.3) is 0 Å². The smallest absolute Gasteiger partial charge is 0.343 e. The molecule has 0 aliphatic heterocycles. The molecular weight excluding hydrogens is 380 g/mol. The summed E-state index contributed by atoms with van der Waals surface area (Å²) < 4.78 is 11.6. The summed E-state index contributed by atoms with van der Waals surface area (Å²) in [6.45, 7) is 2.23. The Morgan fingerprint density at radius 3 is 2.32 bits per heavy atom. The molecule has 6 nitrogen and oxygen atoms in total. The summed E-state index contributed by atoms with van der Waals surface area (Å²) in [4.78, 5) is 24.0. The number of halogens is 1. The predicted octanol–water partition coefficient (Wildman–Crippen LogP) is 4.04. The third-order valence-corrected chi connectivity index (χ3v) is 4.57. The van der Waals surface area contributed by atoms with Gasteiger partial charge in [0.1, 0.15) is 17.3 Å². The van der Waals surface area contributed by atoms with Crippen LogP contribution < -0.4 is 0 Å². The Bertz CT molecular complexity index is 982. The Labute approximate surface area is 167 Å². The topological polar surface area (TPSA) is 70.4 Å². The molecule has 0 N–H and O–H groups in total. The molecular formula is C21H19ClN2O4. The molecule has 0 aliphatic carbocycles. The summed E-state index contributed by atoms with van der Waals surface area (Å²) in [6, 6.07) is 16.4. The minimum atomic E-state index is -0.543. The van der Waals surface area contributed by atoms with Crippen LogP contribution in [0.5, 0.6) is 0 Å². The minimum Gasteiger partial charge on any atom is -0.465 e. The third-order valence-electron chi connectivity index (χ3n) is 4.19. The molecule has 0 saturated heterocycles. The molecule has 144 valence electrons. The molecule has 0 radical (unpaired) electrons. The van der Waals surface area contributed by atoms with Crippen LogP contribution in [0.15, 0.2) is 54.6 Å². The second-order valence-corrected chi connectivity index (χ2v) is 6.52. The van der Waals surface area contributed by atoms with Gasteiger partial charge in [-0.1, -0.05) is 54.1 Å². The maximum absolute atomic E-state index is 12.5. The van der Waals surface area contributed by atoms with E-state index in [0.717, 1.165) is 11.1 Å². The SMILES string of the molecule is COC(=O)c1ccc(COC(=O)c2c(C)nn(Cc3ccccc3)c2Cl)cc1. The van der Waals surface area contributed by atoms with Gasteiger partial charge in [0.2, 0.25) is 0 Å². The number of aromatic nitrogens is 2. The van der Waals surface area contributed by atoms with Gasteiger partial charge in [-0.25, -0.2) is 14.3 Å². The molecule has 0 saturated carbocycles. The van der Waals surface area contributed by atoms with E-state index in [-0.39, 0.29) is 17.3 Å². The molecule has 0 fully saturated rings. The van der Waals surface area contributed by atoms with Gasteiger partial charge >= 0.3 is 11.9 Å². The van der Waals surface area contributed by atoms with E-state index < -0.39 is 11.9 Å². The molecule has 1 aromatic heterocycles. The zero-order chi connectivity index (χ0) is 20.1. The van der Waals surface area contributed by atoms with E-state index >= 15 is 0 Å². The molecule has 3 aromatic rings. The molecule has 0 bridgehead atoms. The van der Waals surface area contributed by atoms with Gasteiger partial charge in [0.05, 0.1) is 24.9 Å². The molecule has 0 spiro atoms. The van der Waals surface area contributed by atoms with E-state index in [4.69, 9.17) is 16.3 Å². The van der Waals surface area contributed by atoms with Gasteiger partial charge in [0.15, 0.2) is 0 Å². The van der Waals surface area contributed by atoms with E-state index in [1.54, 1.807) is 35.9 Å². The zero-order valence-corrected chi connectivity index (χ0v) is 16.3. The summed E-state index contributed by atoms with van der Waals surface area (Å²) in [7, 11) is 1.32. The lowest BCUT2D eigenvalue weighted by atomic mass is 10.1. The van der Waals surface area contributed by atoms with Crippen LogP contribution in [0.2, 0.25) is 5.15 Å². The summed E-state index contributed by atoms with van der Waals surface area (Å²) in [5.74, 6) is -0.962. The summed E-state index contributed by atoms with van der Waals surface area (Å²) >= 11 is 6.38. The van der Waals surface area contributed by atoms with Crippen molar-refractivity contribution >= 4 is 23.5 Å². The van der Waals surface area contributed by atoms with Gasteiger partial charge in [0, 0.05) is 0 Å². The lowest BCUT2D eigenvalue weighted by Crippen LogP contribution is -2.08. The van der Waals surface area contributed by atoms with Gasteiger partial charge in [-0.2, -0.15) is 5.10 Å². The van der Waals surface area contributed by atoms with Crippen molar-refractivity contribution < 1.29 is 19.1 Å². The summed E-state index contributed by atoms with van der Waals surface area (Å²) in [6.07, 6.45) is 0. The quantitative estimate of drug-likeness (QED) is 0.586. The fourth-order valence-electron chi connectivity index (χ4n) is 2.72. The number of carbonyl (C=O) groups excluding carboxylic acids is 2. The van der Waals surface area contributed by atoms with Crippen LogP contribution in [0.4, 0.5) is 0 Å². The first kappa shape index (κ1) is 19.6. The highest BCUT2D eigenvalue weighted by Crippen LogP contribution is 2.22. The molecule has 0 unspecified atom stereocenters. The molecule has 0 aliphatic rings. The van der Waals surface area contributed by atoms with Crippen LogP contribution in [0, 0.1) is 6.92 Å². The van der Waals surface area contributed by atoms with Crippen LogP contribution in [0.3, 0.4) is 0 Å². The average Bonchev–Trinajstić information content (AvgIpc) is 2.99. The van der Waals surface area contributed by atoms with Gasteiger partial charge in [-0.05, 0) is 30.2 Å². The number of hydrogen-bond donors (Lipinski definition) is 0. The number of methoxy groups -OCH3 is 1. The van der Waals surface area contributed by atoms with Crippen molar-refractivity contribution in [1.82, 2.24) is 9.78 Å². The molecule has 3 rings (SSSR count). The number of benzene rings is 2. The van der Waals surface area contributed by atoms with Crippen molar-refractivity contribution in [1.29, 1.82) is 0 Å². The Morgan fingerprint density at radius 1 is 1.00 bits per heavy atom. The van der Waals surface area contributed by atoms with Crippen molar-refractivity contribution in [2.45, 2.75) is 20.1 Å². The minimum absolute atomic E-state index is 0.0555. The number of ether oxygens (including phenoxy) is 2. The van der Waals surface area contributed by atoms with E-state index in [1.807, 2.05) is 30.3 Å². The lowest BCUT2D eigenvalue weighted by molar-refractivity contribution is 0.0470. The fraction of sp³-hybridized carbons (Fsp3) is 0.190. The standard InChI is InChI=1S/C21H19ClN2O4/c1-14-18(19(22)24(23-14)12-15-6-4-3-5-7-15)21(26)28-13-16-8-10-17(11-9-16)20(25)27-2/h3-11H,12-13H2,1-2H3. The number of hydrogen-bond acceptors (Lipinski definition) is 5. The van der Waals surface area contributed by atoms with Gasteiger partial charge in [-0.3, -0.25) is 0 Å². The molecule has 28 heavy (non-hydrogen) atoms. The van der Waals surface area contributed by atoms with Crippen LogP contribution in [0.1, 0.15) is 37.5 Å². The average molecular weight is 399 g/mol. The second kappa shape index (κ2) is 8.71. The second-order valence-electron chi connectivity index (χ2n) is 6.16. The highest BCUT2D eigenvalue weighted by molar-refractivity contribution is 6.32. The number of nitrogens with zero attached hydrogens (tertiary/aromatic N) is 2. The van der Waals surface area contributed by atoms with Gasteiger partial charge in [-0.15, -0.1) is 0 Å². The van der Waals surface area contributed by atoms with E-state index in [1.165, 1.54) is 7.11 Å². The molecule has 0 amide bonds. The molecule has 7 heteroatoms. The van der Waals surface area contributed by atoms with E-state index in [2.05, 4.69) is 9.84 Å². The first-order valence-electron chi connectivity index (χ1n) is 8.61. The largest absolute Gasteiger partial charge is 0.465 e. The van der Waals surface area contributed by atoms with Crippen molar-refractivity contribution in [3.05, 3.63) is 87.7 Å². The summed E-state index contributed by atoms with van der Waals surface area (Å²) in [5.41, 5.74) is 2.96. The first-order valence-corrected chi connectivity index (χ1v) is 8.98. The molecule has 2 aromatic carbocycles. The highest BCUT2D eigenvalue weighted by atomic mass is 35.5. The van der Waals surface area contributed by atoms with Crippen LogP contribution in [-0.2, 0) is 22.6 Å². The number of esters is 2. The molecule has 0 atom stereocenters. The number of aryl methyl sites for hydroxylation is 1. The molecule has 1 heterocycles. The summed E-state index contributed by atoms with van der Waals surface area (Å²) in [5, 5.41) is 4.60. The normalized spacial score (nSPS) is 10.5. The Balaban J connectivity index is 1.68. The van der Waals surface area contributed by atoms with Crippen molar-refractivity contribution in [2.24, 2.45) is 0 Å². The third kappa shape index (κ3) is 4.40. The van der Waals surface area contributed by atoms with Crippen LogP contribution >= 0.6 is 11.6 Å². The Kier molecular flexibility index (Phi) is 6.11. The van der Waals surface area contributed by atoms with Crippen LogP contribution in [-0.4, -0.2) is 28.8 Å². The fourth-order valence-corrected chi connectivity index (χ4v) is 3.03. The number of carbonyl (C=O) groups is 2. The van der Waals surface area contributed by atoms with Crippen LogP contribution in [0.25, 0.3) is 0 Å². The highest BCUT2D eigenvalue weighted by Gasteiger charge is 2.22. The zero-order valence-electron chi connectivity index (χ0n) is 15.5.